The summed E-state index contributed by atoms with van der Waals surface area (Å²) in [5.74, 6) is 0.807. The second-order valence-corrected chi connectivity index (χ2v) is 8.46. The number of hydrogen-bond acceptors (Lipinski definition) is 2. The van der Waals surface area contributed by atoms with Crippen molar-refractivity contribution < 1.29 is 9.53 Å². The van der Waals surface area contributed by atoms with Crippen LogP contribution in [0.1, 0.15) is 108 Å². The molecule has 0 saturated heterocycles. The molecule has 0 radical (unpaired) electrons. The lowest BCUT2D eigenvalue weighted by atomic mass is 10.0. The Morgan fingerprint density at radius 2 is 1.21 bits per heavy atom. The molecule has 1 rings (SSSR count). The molecule has 3 heteroatoms. The zero-order valence-corrected chi connectivity index (χ0v) is 19.4. The molecule has 0 aromatic heterocycles. The lowest BCUT2D eigenvalue weighted by Crippen LogP contribution is -2.29. The van der Waals surface area contributed by atoms with E-state index in [9.17, 15) is 4.79 Å². The number of carbonyl (C=O) groups is 1. The van der Waals surface area contributed by atoms with Gasteiger partial charge in [0.2, 0.25) is 0 Å². The Kier molecular flexibility index (Phi) is 15.3. The summed E-state index contributed by atoms with van der Waals surface area (Å²) < 4.78 is 5.69. The van der Waals surface area contributed by atoms with Crippen LogP contribution < -0.4 is 10.1 Å². The monoisotopic (exact) mass is 403 g/mol. The van der Waals surface area contributed by atoms with Crippen LogP contribution in [0, 0.1) is 13.8 Å². The first-order valence-corrected chi connectivity index (χ1v) is 12.1. The smallest absolute Gasteiger partial charge is 0.257 e. The van der Waals surface area contributed by atoms with Crippen molar-refractivity contribution in [2.75, 3.05) is 13.2 Å². The van der Waals surface area contributed by atoms with Gasteiger partial charge >= 0.3 is 0 Å². The molecule has 0 aliphatic rings. The van der Waals surface area contributed by atoms with Gasteiger partial charge in [-0.25, -0.2) is 0 Å². The van der Waals surface area contributed by atoms with Crippen LogP contribution in [-0.4, -0.2) is 19.1 Å². The number of ether oxygens (including phenoxy) is 1. The summed E-state index contributed by atoms with van der Waals surface area (Å²) in [6.45, 7) is 7.15. The van der Waals surface area contributed by atoms with Gasteiger partial charge in [-0.15, -0.1) is 0 Å². The molecule has 0 aliphatic carbocycles. The van der Waals surface area contributed by atoms with Crippen molar-refractivity contribution in [3.8, 4) is 5.75 Å². The molecule has 0 fully saturated rings. The first-order valence-electron chi connectivity index (χ1n) is 12.1. The predicted octanol–water partition coefficient (Wildman–Crippen LogP) is 7.28. The summed E-state index contributed by atoms with van der Waals surface area (Å²) in [6.07, 6.45) is 18.9. The number of unbranched alkanes of at least 4 members (excludes halogenated alkanes) is 13. The van der Waals surface area contributed by atoms with Crippen LogP contribution in [-0.2, 0) is 4.79 Å². The maximum absolute atomic E-state index is 11.9. The van der Waals surface area contributed by atoms with E-state index in [0.29, 0.717) is 0 Å². The fourth-order valence-corrected chi connectivity index (χ4v) is 3.76. The van der Waals surface area contributed by atoms with Crippen LogP contribution in [0.25, 0.3) is 0 Å². The summed E-state index contributed by atoms with van der Waals surface area (Å²) in [5, 5.41) is 2.97. The van der Waals surface area contributed by atoms with E-state index in [1.54, 1.807) is 0 Å². The zero-order valence-electron chi connectivity index (χ0n) is 19.4. The second kappa shape index (κ2) is 17.4. The van der Waals surface area contributed by atoms with Crippen molar-refractivity contribution in [3.05, 3.63) is 29.3 Å². The molecule has 29 heavy (non-hydrogen) atoms. The van der Waals surface area contributed by atoms with Gasteiger partial charge in [0.25, 0.3) is 5.91 Å². The predicted molar refractivity (Wildman–Crippen MR) is 125 cm³/mol. The maximum atomic E-state index is 11.9. The van der Waals surface area contributed by atoms with E-state index < -0.39 is 0 Å². The molecular formula is C26H45NO2. The number of rotatable bonds is 18. The van der Waals surface area contributed by atoms with E-state index >= 15 is 0 Å². The molecule has 0 aliphatic heterocycles. The minimum atomic E-state index is -0.0256. The number of aryl methyl sites for hydroxylation is 2. The van der Waals surface area contributed by atoms with Gasteiger partial charge in [-0.3, -0.25) is 4.79 Å². The topological polar surface area (TPSA) is 38.3 Å². The highest BCUT2D eigenvalue weighted by molar-refractivity contribution is 5.77. The van der Waals surface area contributed by atoms with Gasteiger partial charge in [0.1, 0.15) is 5.75 Å². The Morgan fingerprint density at radius 3 is 1.69 bits per heavy atom. The average molecular weight is 404 g/mol. The number of carbonyl (C=O) groups excluding carboxylic acids is 1. The van der Waals surface area contributed by atoms with E-state index in [0.717, 1.165) is 29.8 Å². The summed E-state index contributed by atoms with van der Waals surface area (Å²) in [6, 6.07) is 6.02. The SMILES string of the molecule is CCCCCCCCCCCCCCCCNC(=O)COc1c(C)cccc1C. The van der Waals surface area contributed by atoms with Gasteiger partial charge in [0, 0.05) is 6.54 Å². The molecule has 0 spiro atoms. The summed E-state index contributed by atoms with van der Waals surface area (Å²) in [7, 11) is 0. The van der Waals surface area contributed by atoms with Gasteiger partial charge in [-0.05, 0) is 31.4 Å². The molecule has 1 aromatic carbocycles. The fraction of sp³-hybridized carbons (Fsp3) is 0.731. The molecule has 0 bridgehead atoms. The normalized spacial score (nSPS) is 10.9. The molecule has 1 aromatic rings. The highest BCUT2D eigenvalue weighted by Gasteiger charge is 2.06. The van der Waals surface area contributed by atoms with Crippen molar-refractivity contribution in [1.29, 1.82) is 0 Å². The Morgan fingerprint density at radius 1 is 0.759 bits per heavy atom. The van der Waals surface area contributed by atoms with E-state index in [1.165, 1.54) is 83.5 Å². The molecule has 0 atom stereocenters. The Hall–Kier alpha value is -1.51. The quantitative estimate of drug-likeness (QED) is 0.261. The van der Waals surface area contributed by atoms with Crippen LogP contribution in [0.2, 0.25) is 0 Å². The van der Waals surface area contributed by atoms with Crippen molar-refractivity contribution in [2.24, 2.45) is 0 Å². The van der Waals surface area contributed by atoms with Crippen LogP contribution in [0.4, 0.5) is 0 Å². The lowest BCUT2D eigenvalue weighted by Gasteiger charge is -2.12. The van der Waals surface area contributed by atoms with E-state index in [-0.39, 0.29) is 12.5 Å². The third-order valence-corrected chi connectivity index (χ3v) is 5.61. The van der Waals surface area contributed by atoms with Crippen LogP contribution in [0.3, 0.4) is 0 Å². The summed E-state index contributed by atoms with van der Waals surface area (Å²) in [4.78, 5) is 11.9. The minimum Gasteiger partial charge on any atom is -0.483 e. The third-order valence-electron chi connectivity index (χ3n) is 5.61. The molecule has 166 valence electrons. The van der Waals surface area contributed by atoms with Gasteiger partial charge in [-0.2, -0.15) is 0 Å². The number of hydrogen-bond donors (Lipinski definition) is 1. The molecule has 3 nitrogen and oxygen atoms in total. The van der Waals surface area contributed by atoms with Crippen LogP contribution in [0.15, 0.2) is 18.2 Å². The summed E-state index contributed by atoms with van der Waals surface area (Å²) >= 11 is 0. The fourth-order valence-electron chi connectivity index (χ4n) is 3.76. The molecule has 1 N–H and O–H groups in total. The van der Waals surface area contributed by atoms with Crippen molar-refractivity contribution in [1.82, 2.24) is 5.32 Å². The van der Waals surface area contributed by atoms with Gasteiger partial charge in [-0.1, -0.05) is 109 Å². The van der Waals surface area contributed by atoms with Crippen LogP contribution >= 0.6 is 0 Å². The first-order chi connectivity index (χ1) is 14.1. The molecule has 1 amide bonds. The Balaban J connectivity index is 1.86. The highest BCUT2D eigenvalue weighted by Crippen LogP contribution is 2.22. The van der Waals surface area contributed by atoms with Crippen molar-refractivity contribution >= 4 is 5.91 Å². The number of nitrogens with one attached hydrogen (secondary N) is 1. The second-order valence-electron chi connectivity index (χ2n) is 8.46. The van der Waals surface area contributed by atoms with Crippen molar-refractivity contribution in [2.45, 2.75) is 111 Å². The minimum absolute atomic E-state index is 0.0256. The zero-order chi connectivity index (χ0) is 21.2. The Bertz CT molecular complexity index is 521. The summed E-state index contributed by atoms with van der Waals surface area (Å²) in [5.41, 5.74) is 2.15. The first kappa shape index (κ1) is 25.5. The van der Waals surface area contributed by atoms with Crippen LogP contribution in [0.5, 0.6) is 5.75 Å². The number of amides is 1. The van der Waals surface area contributed by atoms with Gasteiger partial charge < -0.3 is 10.1 Å². The maximum Gasteiger partial charge on any atom is 0.257 e. The molecule has 0 heterocycles. The largest absolute Gasteiger partial charge is 0.483 e. The highest BCUT2D eigenvalue weighted by atomic mass is 16.5. The molecule has 0 saturated carbocycles. The van der Waals surface area contributed by atoms with E-state index in [2.05, 4.69) is 12.2 Å². The average Bonchev–Trinajstić information content (AvgIpc) is 2.70. The van der Waals surface area contributed by atoms with Crippen molar-refractivity contribution in [3.63, 3.8) is 0 Å². The molecule has 0 unspecified atom stereocenters. The van der Waals surface area contributed by atoms with E-state index in [4.69, 9.17) is 4.74 Å². The molecular weight excluding hydrogens is 358 g/mol. The third kappa shape index (κ3) is 13.4. The Labute approximate surface area is 180 Å². The number of para-hydroxylation sites is 1. The van der Waals surface area contributed by atoms with Gasteiger partial charge in [0.15, 0.2) is 6.61 Å². The standard InChI is InChI=1S/C26H45NO2/c1-4-5-6-7-8-9-10-11-12-13-14-15-16-17-21-27-25(28)22-29-26-23(2)19-18-20-24(26)3/h18-20H,4-17,21-22H2,1-3H3,(H,27,28). The van der Waals surface area contributed by atoms with Gasteiger partial charge in [0.05, 0.1) is 0 Å². The number of benzene rings is 1. The lowest BCUT2D eigenvalue weighted by molar-refractivity contribution is -0.123. The van der Waals surface area contributed by atoms with E-state index in [1.807, 2.05) is 32.0 Å².